The van der Waals surface area contributed by atoms with Crippen molar-refractivity contribution in [3.63, 3.8) is 0 Å². The Morgan fingerprint density at radius 1 is 1.70 bits per heavy atom. The smallest absolute Gasteiger partial charge is 0.178 e. The number of oxime groups is 1. The first-order chi connectivity index (χ1) is 4.84. The summed E-state index contributed by atoms with van der Waals surface area (Å²) in [5, 5.41) is 11.1. The highest BCUT2D eigenvalue weighted by Crippen LogP contribution is 1.90. The fraction of sp³-hybridized carbons (Fsp3) is 0. The lowest BCUT2D eigenvalue weighted by atomic mass is 10.3. The summed E-state index contributed by atoms with van der Waals surface area (Å²) in [5.41, 5.74) is 5.95. The molecule has 10 heavy (non-hydrogen) atoms. The predicted octanol–water partition coefficient (Wildman–Crippen LogP) is -0.405. The Morgan fingerprint density at radius 2 is 2.50 bits per heavy atom. The van der Waals surface area contributed by atoms with Crippen molar-refractivity contribution >= 4 is 5.84 Å². The van der Waals surface area contributed by atoms with Crippen LogP contribution in [0.15, 0.2) is 29.7 Å². The molecule has 0 saturated carbocycles. The van der Waals surface area contributed by atoms with Gasteiger partial charge < -0.3 is 10.9 Å². The topological polar surface area (TPSA) is 72.8 Å². The van der Waals surface area contributed by atoms with Crippen LogP contribution in [0.1, 0.15) is 5.56 Å². The third-order valence-electron chi connectivity index (χ3n) is 1.11. The molecule has 4 nitrogen and oxygen atoms in total. The van der Waals surface area contributed by atoms with Crippen molar-refractivity contribution in [3.05, 3.63) is 30.1 Å². The van der Waals surface area contributed by atoms with Gasteiger partial charge in [-0.1, -0.05) is 5.16 Å². The molecule has 4 N–H and O–H groups in total. The number of pyridine rings is 1. The maximum Gasteiger partial charge on any atom is 0.178 e. The maximum atomic E-state index is 8.24. The van der Waals surface area contributed by atoms with Gasteiger partial charge in [0, 0.05) is 6.07 Å². The minimum atomic E-state index is 0.108. The zero-order chi connectivity index (χ0) is 7.40. The lowest BCUT2D eigenvalue weighted by Gasteiger charge is -1.90. The second-order valence-corrected chi connectivity index (χ2v) is 1.78. The highest BCUT2D eigenvalue weighted by atomic mass is 16.4. The van der Waals surface area contributed by atoms with Crippen molar-refractivity contribution in [1.29, 1.82) is 0 Å². The standard InChI is InChI=1S/C6H7N3O/c7-6(9-10)5-2-1-3-8-4-5/h1-4,10H,(H2,7,9)/p+1. The summed E-state index contributed by atoms with van der Waals surface area (Å²) in [6, 6.07) is 3.51. The van der Waals surface area contributed by atoms with E-state index in [-0.39, 0.29) is 5.84 Å². The van der Waals surface area contributed by atoms with E-state index < -0.39 is 0 Å². The molecule has 52 valence electrons. The van der Waals surface area contributed by atoms with Gasteiger partial charge >= 0.3 is 0 Å². The van der Waals surface area contributed by atoms with E-state index in [1.165, 1.54) is 0 Å². The highest BCUT2D eigenvalue weighted by molar-refractivity contribution is 5.96. The maximum absolute atomic E-state index is 8.24. The van der Waals surface area contributed by atoms with Crippen LogP contribution in [0.3, 0.4) is 0 Å². The lowest BCUT2D eigenvalue weighted by Crippen LogP contribution is -2.15. The quantitative estimate of drug-likeness (QED) is 0.240. The van der Waals surface area contributed by atoms with Gasteiger partial charge in [0.2, 0.25) is 0 Å². The molecule has 1 aromatic rings. The first-order valence-corrected chi connectivity index (χ1v) is 2.78. The van der Waals surface area contributed by atoms with Crippen LogP contribution in [0.4, 0.5) is 0 Å². The van der Waals surface area contributed by atoms with Crippen LogP contribution in [0.5, 0.6) is 0 Å². The average Bonchev–Trinajstić information content (AvgIpc) is 2.05. The summed E-state index contributed by atoms with van der Waals surface area (Å²) in [6.07, 6.45) is 3.39. The molecule has 0 aliphatic heterocycles. The Bertz CT molecular complexity index is 232. The van der Waals surface area contributed by atoms with E-state index in [2.05, 4.69) is 10.1 Å². The summed E-state index contributed by atoms with van der Waals surface area (Å²) in [5.74, 6) is 0.108. The van der Waals surface area contributed by atoms with Crippen LogP contribution in [0.2, 0.25) is 0 Å². The van der Waals surface area contributed by atoms with Crippen molar-refractivity contribution < 1.29 is 10.2 Å². The Kier molecular flexibility index (Phi) is 1.84. The normalized spacial score (nSPS) is 11.4. The molecule has 0 bridgehead atoms. The molecular weight excluding hydrogens is 130 g/mol. The molecule has 0 aromatic carbocycles. The van der Waals surface area contributed by atoms with Gasteiger partial charge in [-0.3, -0.25) is 0 Å². The van der Waals surface area contributed by atoms with Crippen molar-refractivity contribution in [3.8, 4) is 0 Å². The number of hydrogen-bond donors (Lipinski definition) is 2. The van der Waals surface area contributed by atoms with E-state index in [0.29, 0.717) is 5.56 Å². The number of nitrogens with one attached hydrogen (secondary N) is 1. The van der Waals surface area contributed by atoms with Crippen molar-refractivity contribution in [2.75, 3.05) is 0 Å². The first kappa shape index (κ1) is 6.54. The predicted molar refractivity (Wildman–Crippen MR) is 35.5 cm³/mol. The van der Waals surface area contributed by atoms with Crippen molar-refractivity contribution in [2.45, 2.75) is 0 Å². The molecule has 0 radical (unpaired) electrons. The van der Waals surface area contributed by atoms with E-state index in [1.807, 2.05) is 0 Å². The Labute approximate surface area is 58.0 Å². The second-order valence-electron chi connectivity index (χ2n) is 1.78. The summed E-state index contributed by atoms with van der Waals surface area (Å²) >= 11 is 0. The molecule has 0 spiro atoms. The number of rotatable bonds is 1. The number of H-pyrrole nitrogens is 1. The molecule has 0 fully saturated rings. The van der Waals surface area contributed by atoms with Crippen molar-refractivity contribution in [1.82, 2.24) is 0 Å². The van der Waals surface area contributed by atoms with Crippen LogP contribution < -0.4 is 10.7 Å². The van der Waals surface area contributed by atoms with Crippen LogP contribution in [-0.2, 0) is 0 Å². The zero-order valence-corrected chi connectivity index (χ0v) is 5.28. The minimum Gasteiger partial charge on any atom is -0.409 e. The van der Waals surface area contributed by atoms with Gasteiger partial charge in [0.1, 0.15) is 0 Å². The number of amidine groups is 1. The summed E-state index contributed by atoms with van der Waals surface area (Å²) < 4.78 is 0. The van der Waals surface area contributed by atoms with Crippen LogP contribution in [0.25, 0.3) is 0 Å². The van der Waals surface area contributed by atoms with Crippen LogP contribution >= 0.6 is 0 Å². The third-order valence-corrected chi connectivity index (χ3v) is 1.11. The summed E-state index contributed by atoms with van der Waals surface area (Å²) in [6.45, 7) is 0. The summed E-state index contributed by atoms with van der Waals surface area (Å²) in [4.78, 5) is 2.80. The zero-order valence-electron chi connectivity index (χ0n) is 5.28. The summed E-state index contributed by atoms with van der Waals surface area (Å²) in [7, 11) is 0. The molecular formula is C6H8N3O+. The number of nitrogens with two attached hydrogens (primary N) is 1. The fourth-order valence-electron chi connectivity index (χ4n) is 0.610. The van der Waals surface area contributed by atoms with Crippen molar-refractivity contribution in [2.24, 2.45) is 10.9 Å². The van der Waals surface area contributed by atoms with Gasteiger partial charge in [0.15, 0.2) is 18.2 Å². The number of hydrogen-bond acceptors (Lipinski definition) is 2. The van der Waals surface area contributed by atoms with Gasteiger partial charge in [0.05, 0.1) is 5.56 Å². The SMILES string of the molecule is NC(=NO)c1ccc[nH+]c1. The van der Waals surface area contributed by atoms with Gasteiger partial charge in [-0.05, 0) is 6.07 Å². The third kappa shape index (κ3) is 1.22. The van der Waals surface area contributed by atoms with E-state index in [4.69, 9.17) is 10.9 Å². The lowest BCUT2D eigenvalue weighted by molar-refractivity contribution is -0.378. The second kappa shape index (κ2) is 2.82. The molecule has 0 aliphatic carbocycles. The molecule has 1 aromatic heterocycles. The molecule has 0 atom stereocenters. The fourth-order valence-corrected chi connectivity index (χ4v) is 0.610. The minimum absolute atomic E-state index is 0.108. The van der Waals surface area contributed by atoms with Gasteiger partial charge in [-0.15, -0.1) is 0 Å². The van der Waals surface area contributed by atoms with Gasteiger partial charge in [0.25, 0.3) is 0 Å². The largest absolute Gasteiger partial charge is 0.409 e. The monoisotopic (exact) mass is 138 g/mol. The molecule has 4 heteroatoms. The average molecular weight is 138 g/mol. The van der Waals surface area contributed by atoms with E-state index >= 15 is 0 Å². The van der Waals surface area contributed by atoms with E-state index in [0.717, 1.165) is 0 Å². The van der Waals surface area contributed by atoms with Gasteiger partial charge in [-0.25, -0.2) is 4.98 Å². The van der Waals surface area contributed by atoms with Crippen LogP contribution in [-0.4, -0.2) is 11.0 Å². The molecule has 0 aliphatic rings. The highest BCUT2D eigenvalue weighted by Gasteiger charge is 1.98. The number of nitrogens with zero attached hydrogens (tertiary/aromatic N) is 1. The molecule has 0 saturated heterocycles. The molecule has 0 unspecified atom stereocenters. The number of aromatic amines is 1. The first-order valence-electron chi connectivity index (χ1n) is 2.78. The van der Waals surface area contributed by atoms with E-state index in [9.17, 15) is 0 Å². The van der Waals surface area contributed by atoms with Crippen LogP contribution in [0, 0.1) is 0 Å². The van der Waals surface area contributed by atoms with E-state index in [1.54, 1.807) is 24.5 Å². The Balaban J connectivity index is 2.96. The molecule has 0 amide bonds. The van der Waals surface area contributed by atoms with Gasteiger partial charge in [-0.2, -0.15) is 0 Å². The number of aromatic nitrogens is 1. The molecule has 1 heterocycles. The molecule has 1 rings (SSSR count). The Morgan fingerprint density at radius 3 is 3.00 bits per heavy atom. The Hall–Kier alpha value is -1.58.